The van der Waals surface area contributed by atoms with Crippen molar-refractivity contribution in [3.63, 3.8) is 0 Å². The second kappa shape index (κ2) is 6.97. The lowest BCUT2D eigenvalue weighted by Gasteiger charge is -2.26. The van der Waals surface area contributed by atoms with Crippen LogP contribution in [0.15, 0.2) is 24.3 Å². The van der Waals surface area contributed by atoms with Crippen LogP contribution in [-0.4, -0.2) is 6.61 Å². The lowest BCUT2D eigenvalue weighted by molar-refractivity contribution is 0.325. The zero-order chi connectivity index (χ0) is 15.3. The van der Waals surface area contributed by atoms with Crippen LogP contribution in [0.3, 0.4) is 0 Å². The summed E-state index contributed by atoms with van der Waals surface area (Å²) in [5.74, 6) is 1.63. The van der Waals surface area contributed by atoms with Crippen LogP contribution in [0.2, 0.25) is 0 Å². The van der Waals surface area contributed by atoms with Gasteiger partial charge in [0.15, 0.2) is 0 Å². The second-order valence-corrected chi connectivity index (χ2v) is 6.69. The van der Waals surface area contributed by atoms with Gasteiger partial charge in [0.1, 0.15) is 5.75 Å². The fourth-order valence-corrected chi connectivity index (χ4v) is 2.62. The van der Waals surface area contributed by atoms with Crippen LogP contribution in [0.25, 0.3) is 0 Å². The quantitative estimate of drug-likeness (QED) is 0.649. The zero-order valence-electron chi connectivity index (χ0n) is 14.2. The van der Waals surface area contributed by atoms with Crippen LogP contribution in [-0.2, 0) is 11.8 Å². The van der Waals surface area contributed by atoms with Gasteiger partial charge in [-0.1, -0.05) is 57.5 Å². The molecule has 112 valence electrons. The third kappa shape index (κ3) is 4.40. The molecule has 0 aliphatic carbocycles. The van der Waals surface area contributed by atoms with Crippen LogP contribution < -0.4 is 4.74 Å². The van der Waals surface area contributed by atoms with Crippen LogP contribution in [0.4, 0.5) is 0 Å². The summed E-state index contributed by atoms with van der Waals surface area (Å²) in [6.07, 6.45) is 5.42. The van der Waals surface area contributed by atoms with E-state index in [4.69, 9.17) is 4.74 Å². The Morgan fingerprint density at radius 2 is 1.90 bits per heavy atom. The topological polar surface area (TPSA) is 9.23 Å². The molecule has 0 saturated heterocycles. The molecule has 1 heteroatoms. The average molecular weight is 274 g/mol. The maximum Gasteiger partial charge on any atom is 0.126 e. The molecule has 0 spiro atoms. The summed E-state index contributed by atoms with van der Waals surface area (Å²) < 4.78 is 6.00. The third-order valence-electron chi connectivity index (χ3n) is 3.47. The standard InChI is InChI=1S/C19H30O/c1-8-10-14(3)11-16-12-15(4)13-17(19(5,6)7)18(16)20-9-2/h8,10,12-14H,9,11H2,1-7H3/b10-8-. The smallest absolute Gasteiger partial charge is 0.126 e. The summed E-state index contributed by atoms with van der Waals surface area (Å²) in [5.41, 5.74) is 4.08. The molecule has 1 nitrogen and oxygen atoms in total. The molecule has 0 fully saturated rings. The van der Waals surface area contributed by atoms with E-state index in [0.717, 1.165) is 18.8 Å². The van der Waals surface area contributed by atoms with E-state index in [0.29, 0.717) is 5.92 Å². The maximum absolute atomic E-state index is 6.00. The summed E-state index contributed by atoms with van der Waals surface area (Å²) in [6.45, 7) is 16.1. The summed E-state index contributed by atoms with van der Waals surface area (Å²) in [5, 5.41) is 0. The minimum absolute atomic E-state index is 0.106. The van der Waals surface area contributed by atoms with Gasteiger partial charge < -0.3 is 4.74 Å². The summed E-state index contributed by atoms with van der Waals surface area (Å²) in [6, 6.07) is 4.55. The molecule has 0 amide bonds. The van der Waals surface area contributed by atoms with Crippen molar-refractivity contribution >= 4 is 0 Å². The van der Waals surface area contributed by atoms with E-state index in [1.54, 1.807) is 0 Å². The summed E-state index contributed by atoms with van der Waals surface area (Å²) in [4.78, 5) is 0. The Balaban J connectivity index is 3.30. The number of hydrogen-bond donors (Lipinski definition) is 0. The number of hydrogen-bond acceptors (Lipinski definition) is 1. The van der Waals surface area contributed by atoms with Crippen molar-refractivity contribution in [2.24, 2.45) is 5.92 Å². The van der Waals surface area contributed by atoms with Crippen LogP contribution in [0.5, 0.6) is 5.75 Å². The molecule has 0 saturated carbocycles. The first-order chi connectivity index (χ1) is 9.29. The lowest BCUT2D eigenvalue weighted by Crippen LogP contribution is -2.16. The van der Waals surface area contributed by atoms with E-state index in [9.17, 15) is 0 Å². The van der Waals surface area contributed by atoms with Gasteiger partial charge in [-0.05, 0) is 44.1 Å². The fraction of sp³-hybridized carbons (Fsp3) is 0.579. The molecule has 1 atom stereocenters. The minimum Gasteiger partial charge on any atom is -0.493 e. The molecule has 0 radical (unpaired) electrons. The highest BCUT2D eigenvalue weighted by molar-refractivity contribution is 5.48. The maximum atomic E-state index is 6.00. The average Bonchev–Trinajstić information content (AvgIpc) is 2.31. The Hall–Kier alpha value is -1.24. The molecule has 1 aromatic rings. The van der Waals surface area contributed by atoms with Crippen LogP contribution >= 0.6 is 0 Å². The van der Waals surface area contributed by atoms with Gasteiger partial charge in [0.25, 0.3) is 0 Å². The molecule has 0 aliphatic heterocycles. The number of rotatable bonds is 5. The van der Waals surface area contributed by atoms with Gasteiger partial charge in [-0.15, -0.1) is 0 Å². The van der Waals surface area contributed by atoms with Gasteiger partial charge >= 0.3 is 0 Å². The van der Waals surface area contributed by atoms with E-state index >= 15 is 0 Å². The van der Waals surface area contributed by atoms with Crippen molar-refractivity contribution in [3.05, 3.63) is 41.0 Å². The number of benzene rings is 1. The van der Waals surface area contributed by atoms with Crippen LogP contribution in [0, 0.1) is 12.8 Å². The van der Waals surface area contributed by atoms with Crippen molar-refractivity contribution in [1.82, 2.24) is 0 Å². The summed E-state index contributed by atoms with van der Waals surface area (Å²) in [7, 11) is 0. The normalized spacial score (nSPS) is 13.8. The SMILES string of the molecule is C/C=C\C(C)Cc1cc(C)cc(C(C)(C)C)c1OCC. The Morgan fingerprint density at radius 1 is 1.25 bits per heavy atom. The number of ether oxygens (including phenoxy) is 1. The number of aryl methyl sites for hydroxylation is 1. The molecule has 0 N–H and O–H groups in total. The highest BCUT2D eigenvalue weighted by atomic mass is 16.5. The van der Waals surface area contributed by atoms with Crippen molar-refractivity contribution in [2.45, 2.75) is 60.3 Å². The third-order valence-corrected chi connectivity index (χ3v) is 3.47. The van der Waals surface area contributed by atoms with E-state index < -0.39 is 0 Å². The molecule has 0 bridgehead atoms. The van der Waals surface area contributed by atoms with Gasteiger partial charge in [-0.3, -0.25) is 0 Å². The predicted octanol–water partition coefficient (Wildman–Crippen LogP) is 5.45. The molecule has 1 aromatic carbocycles. The largest absolute Gasteiger partial charge is 0.493 e. The molecule has 1 unspecified atom stereocenters. The fourth-order valence-electron chi connectivity index (χ4n) is 2.62. The first-order valence-electron chi connectivity index (χ1n) is 7.69. The van der Waals surface area contributed by atoms with E-state index in [-0.39, 0.29) is 5.41 Å². The lowest BCUT2D eigenvalue weighted by atomic mass is 9.83. The van der Waals surface area contributed by atoms with Crippen molar-refractivity contribution in [2.75, 3.05) is 6.61 Å². The first-order valence-corrected chi connectivity index (χ1v) is 7.69. The minimum atomic E-state index is 0.106. The van der Waals surface area contributed by atoms with Gasteiger partial charge in [0.2, 0.25) is 0 Å². The van der Waals surface area contributed by atoms with E-state index in [1.165, 1.54) is 16.7 Å². The Labute approximate surface area is 125 Å². The van der Waals surface area contributed by atoms with Gasteiger partial charge in [-0.25, -0.2) is 0 Å². The number of allylic oxidation sites excluding steroid dienone is 2. The molecule has 1 rings (SSSR count). The van der Waals surface area contributed by atoms with Crippen molar-refractivity contribution in [1.29, 1.82) is 0 Å². The molecule has 0 heterocycles. The zero-order valence-corrected chi connectivity index (χ0v) is 14.2. The first kappa shape index (κ1) is 16.8. The second-order valence-electron chi connectivity index (χ2n) is 6.69. The molecule has 0 aromatic heterocycles. The van der Waals surface area contributed by atoms with Gasteiger partial charge in [0, 0.05) is 5.56 Å². The molecule has 20 heavy (non-hydrogen) atoms. The van der Waals surface area contributed by atoms with Crippen LogP contribution in [0.1, 0.15) is 58.2 Å². The van der Waals surface area contributed by atoms with E-state index in [2.05, 4.69) is 72.8 Å². The van der Waals surface area contributed by atoms with Crippen molar-refractivity contribution < 1.29 is 4.74 Å². The molecular weight excluding hydrogens is 244 g/mol. The Bertz CT molecular complexity index is 463. The monoisotopic (exact) mass is 274 g/mol. The highest BCUT2D eigenvalue weighted by Gasteiger charge is 2.22. The predicted molar refractivity (Wildman–Crippen MR) is 88.7 cm³/mol. The Kier molecular flexibility index (Phi) is 5.86. The van der Waals surface area contributed by atoms with E-state index in [1.807, 2.05) is 0 Å². The summed E-state index contributed by atoms with van der Waals surface area (Å²) >= 11 is 0. The Morgan fingerprint density at radius 3 is 2.40 bits per heavy atom. The van der Waals surface area contributed by atoms with Gasteiger partial charge in [0.05, 0.1) is 6.61 Å². The molecular formula is C19H30O. The van der Waals surface area contributed by atoms with Gasteiger partial charge in [-0.2, -0.15) is 0 Å². The van der Waals surface area contributed by atoms with Crippen molar-refractivity contribution in [3.8, 4) is 5.75 Å². The highest BCUT2D eigenvalue weighted by Crippen LogP contribution is 2.36. The molecule has 0 aliphatic rings.